The number of H-pyrrole nitrogens is 1. The van der Waals surface area contributed by atoms with Crippen LogP contribution in [0, 0.1) is 0 Å². The Bertz CT molecular complexity index is 426. The van der Waals surface area contributed by atoms with Gasteiger partial charge in [-0.05, 0) is 12.1 Å². The lowest BCUT2D eigenvalue weighted by Crippen LogP contribution is -2.28. The van der Waals surface area contributed by atoms with E-state index in [0.29, 0.717) is 18.8 Å². The van der Waals surface area contributed by atoms with Crippen molar-refractivity contribution in [2.24, 2.45) is 0 Å². The van der Waals surface area contributed by atoms with Crippen molar-refractivity contribution in [3.05, 3.63) is 35.7 Å². The van der Waals surface area contributed by atoms with E-state index in [2.05, 4.69) is 4.98 Å². The number of hydrogen-bond donors (Lipinski definition) is 2. The van der Waals surface area contributed by atoms with Crippen LogP contribution in [0.5, 0.6) is 0 Å². The van der Waals surface area contributed by atoms with Crippen LogP contribution in [0.3, 0.4) is 0 Å². The summed E-state index contributed by atoms with van der Waals surface area (Å²) in [5.41, 5.74) is 0.349. The molecule has 0 aromatic carbocycles. The number of hydrogen-bond acceptors (Lipinski definition) is 2. The first kappa shape index (κ1) is 9.51. The van der Waals surface area contributed by atoms with Gasteiger partial charge in [0.2, 0.25) is 0 Å². The molecule has 0 aliphatic carbocycles. The maximum absolute atomic E-state index is 11.7. The second kappa shape index (κ2) is 3.61. The molecular weight excluding hydrogens is 196 g/mol. The van der Waals surface area contributed by atoms with Gasteiger partial charge in [0, 0.05) is 13.1 Å². The first-order valence-electron chi connectivity index (χ1n) is 4.55. The summed E-state index contributed by atoms with van der Waals surface area (Å²) in [4.78, 5) is 26.5. The molecule has 2 rings (SSSR count). The molecule has 1 amide bonds. The highest BCUT2D eigenvalue weighted by Gasteiger charge is 2.18. The molecule has 1 aliphatic heterocycles. The molecule has 78 valence electrons. The average molecular weight is 206 g/mol. The Balaban J connectivity index is 2.15. The molecule has 0 fully saturated rings. The third kappa shape index (κ3) is 1.76. The lowest BCUT2D eigenvalue weighted by atomic mass is 10.4. The van der Waals surface area contributed by atoms with Crippen LogP contribution in [-0.4, -0.2) is 40.0 Å². The molecule has 0 saturated carbocycles. The van der Waals surface area contributed by atoms with Gasteiger partial charge in [-0.15, -0.1) is 0 Å². The molecule has 1 aromatic heterocycles. The molecule has 2 heterocycles. The predicted octanol–water partition coefficient (Wildman–Crippen LogP) is 0.725. The summed E-state index contributed by atoms with van der Waals surface area (Å²) in [6, 6.07) is 2.88. The van der Waals surface area contributed by atoms with E-state index in [9.17, 15) is 9.59 Å². The molecule has 0 atom stereocenters. The largest absolute Gasteiger partial charge is 0.477 e. The highest BCUT2D eigenvalue weighted by atomic mass is 16.4. The van der Waals surface area contributed by atoms with E-state index in [1.54, 1.807) is 4.90 Å². The van der Waals surface area contributed by atoms with Crippen molar-refractivity contribution in [3.63, 3.8) is 0 Å². The van der Waals surface area contributed by atoms with E-state index in [-0.39, 0.29) is 11.6 Å². The van der Waals surface area contributed by atoms with Gasteiger partial charge < -0.3 is 15.0 Å². The molecular formula is C10H10N2O3. The summed E-state index contributed by atoms with van der Waals surface area (Å²) in [7, 11) is 0. The van der Waals surface area contributed by atoms with E-state index < -0.39 is 5.97 Å². The Hall–Kier alpha value is -2.04. The summed E-state index contributed by atoms with van der Waals surface area (Å²) < 4.78 is 0. The monoisotopic (exact) mass is 206 g/mol. The van der Waals surface area contributed by atoms with Crippen molar-refractivity contribution in [2.75, 3.05) is 13.1 Å². The molecule has 2 N–H and O–H groups in total. The Morgan fingerprint density at radius 3 is 2.33 bits per heavy atom. The first-order chi connectivity index (χ1) is 7.18. The first-order valence-corrected chi connectivity index (χ1v) is 4.55. The zero-order chi connectivity index (χ0) is 10.8. The summed E-state index contributed by atoms with van der Waals surface area (Å²) in [5, 5.41) is 8.68. The SMILES string of the molecule is O=C(O)c1ccc(C(=O)N2CC=CC2)[nH]1. The van der Waals surface area contributed by atoms with Gasteiger partial charge in [0.15, 0.2) is 0 Å². The van der Waals surface area contributed by atoms with E-state index in [1.807, 2.05) is 12.2 Å². The number of aromatic nitrogens is 1. The van der Waals surface area contributed by atoms with Gasteiger partial charge in [0.05, 0.1) is 0 Å². The third-order valence-corrected chi connectivity index (χ3v) is 2.25. The molecule has 5 heteroatoms. The lowest BCUT2D eigenvalue weighted by Gasteiger charge is -2.13. The number of carbonyl (C=O) groups excluding carboxylic acids is 1. The number of nitrogens with zero attached hydrogens (tertiary/aromatic N) is 1. The molecule has 15 heavy (non-hydrogen) atoms. The van der Waals surface area contributed by atoms with Crippen molar-refractivity contribution < 1.29 is 14.7 Å². The molecule has 0 bridgehead atoms. The Morgan fingerprint density at radius 2 is 1.80 bits per heavy atom. The number of aromatic amines is 1. The van der Waals surface area contributed by atoms with Crippen LogP contribution in [0.25, 0.3) is 0 Å². The van der Waals surface area contributed by atoms with Crippen LogP contribution in [0.1, 0.15) is 21.0 Å². The molecule has 1 aromatic rings. The van der Waals surface area contributed by atoms with E-state index >= 15 is 0 Å². The summed E-state index contributed by atoms with van der Waals surface area (Å²) in [6.45, 7) is 1.17. The van der Waals surface area contributed by atoms with E-state index in [1.165, 1.54) is 12.1 Å². The van der Waals surface area contributed by atoms with E-state index in [0.717, 1.165) is 0 Å². The second-order valence-corrected chi connectivity index (χ2v) is 3.27. The lowest BCUT2D eigenvalue weighted by molar-refractivity contribution is 0.0691. The number of carbonyl (C=O) groups is 2. The van der Waals surface area contributed by atoms with Gasteiger partial charge in [0.25, 0.3) is 5.91 Å². The average Bonchev–Trinajstić information content (AvgIpc) is 2.88. The minimum absolute atomic E-state index is 0.0329. The number of amides is 1. The number of carboxylic acid groups (broad SMARTS) is 1. The number of carboxylic acids is 1. The van der Waals surface area contributed by atoms with Crippen molar-refractivity contribution in [1.82, 2.24) is 9.88 Å². The molecule has 1 aliphatic rings. The van der Waals surface area contributed by atoms with Crippen molar-refractivity contribution in [1.29, 1.82) is 0 Å². The normalized spacial score (nSPS) is 14.5. The quantitative estimate of drug-likeness (QED) is 0.700. The van der Waals surface area contributed by atoms with Crippen molar-refractivity contribution in [2.45, 2.75) is 0 Å². The maximum atomic E-state index is 11.7. The highest BCUT2D eigenvalue weighted by Crippen LogP contribution is 2.08. The molecule has 5 nitrogen and oxygen atoms in total. The van der Waals surface area contributed by atoms with Crippen LogP contribution in [0.2, 0.25) is 0 Å². The van der Waals surface area contributed by atoms with E-state index in [4.69, 9.17) is 5.11 Å². The smallest absolute Gasteiger partial charge is 0.352 e. The standard InChI is InChI=1S/C10H10N2O3/c13-9(12-5-1-2-6-12)7-3-4-8(11-7)10(14)15/h1-4,11H,5-6H2,(H,14,15). The number of nitrogens with one attached hydrogen (secondary N) is 1. The number of rotatable bonds is 2. The van der Waals surface area contributed by atoms with Crippen molar-refractivity contribution >= 4 is 11.9 Å². The van der Waals surface area contributed by atoms with Crippen LogP contribution < -0.4 is 0 Å². The minimum Gasteiger partial charge on any atom is -0.477 e. The topological polar surface area (TPSA) is 73.4 Å². The predicted molar refractivity (Wildman–Crippen MR) is 52.8 cm³/mol. The molecule has 0 spiro atoms. The zero-order valence-electron chi connectivity index (χ0n) is 7.93. The summed E-state index contributed by atoms with van der Waals surface area (Å²) in [5.74, 6) is -1.24. The van der Waals surface area contributed by atoms with Gasteiger partial charge in [-0.2, -0.15) is 0 Å². The Kier molecular flexibility index (Phi) is 2.29. The zero-order valence-corrected chi connectivity index (χ0v) is 7.93. The molecule has 0 radical (unpaired) electrons. The fourth-order valence-electron chi connectivity index (χ4n) is 1.46. The minimum atomic E-state index is -1.06. The Morgan fingerprint density at radius 1 is 1.20 bits per heavy atom. The maximum Gasteiger partial charge on any atom is 0.352 e. The van der Waals surface area contributed by atoms with Gasteiger partial charge in [0.1, 0.15) is 11.4 Å². The van der Waals surface area contributed by atoms with Gasteiger partial charge in [-0.1, -0.05) is 12.2 Å². The second-order valence-electron chi connectivity index (χ2n) is 3.27. The highest BCUT2D eigenvalue weighted by molar-refractivity contribution is 5.95. The van der Waals surface area contributed by atoms with Crippen LogP contribution >= 0.6 is 0 Å². The fourth-order valence-corrected chi connectivity index (χ4v) is 1.46. The summed E-state index contributed by atoms with van der Waals surface area (Å²) >= 11 is 0. The Labute approximate surface area is 86.0 Å². The van der Waals surface area contributed by atoms with Crippen LogP contribution in [-0.2, 0) is 0 Å². The summed E-state index contributed by atoms with van der Waals surface area (Å²) in [6.07, 6.45) is 3.80. The fraction of sp³-hybridized carbons (Fsp3) is 0.200. The van der Waals surface area contributed by atoms with Crippen molar-refractivity contribution in [3.8, 4) is 0 Å². The van der Waals surface area contributed by atoms with Gasteiger partial charge in [-0.25, -0.2) is 4.79 Å². The van der Waals surface area contributed by atoms with Crippen LogP contribution in [0.4, 0.5) is 0 Å². The van der Waals surface area contributed by atoms with Gasteiger partial charge >= 0.3 is 5.97 Å². The molecule has 0 unspecified atom stereocenters. The molecule has 0 saturated heterocycles. The van der Waals surface area contributed by atoms with Gasteiger partial charge in [-0.3, -0.25) is 4.79 Å². The third-order valence-electron chi connectivity index (χ3n) is 2.25. The number of aromatic carboxylic acids is 1. The van der Waals surface area contributed by atoms with Crippen LogP contribution in [0.15, 0.2) is 24.3 Å².